The first kappa shape index (κ1) is 7.63. The molecular formula is C8H14Te. The van der Waals surface area contributed by atoms with E-state index in [-0.39, 0.29) is 0 Å². The van der Waals surface area contributed by atoms with Crippen LogP contribution in [0.25, 0.3) is 0 Å². The predicted octanol–water partition coefficient (Wildman–Crippen LogP) is 2.66. The van der Waals surface area contributed by atoms with Crippen molar-refractivity contribution in [3.63, 3.8) is 0 Å². The van der Waals surface area contributed by atoms with Gasteiger partial charge < -0.3 is 0 Å². The molecular weight excluding hydrogens is 224 g/mol. The Labute approximate surface area is 67.8 Å². The number of hydrogen-bond acceptors (Lipinski definition) is 0. The summed E-state index contributed by atoms with van der Waals surface area (Å²) < 4.78 is 3.04. The number of hydrogen-bond donors (Lipinski definition) is 0. The molecule has 0 radical (unpaired) electrons. The van der Waals surface area contributed by atoms with Crippen LogP contribution >= 0.6 is 0 Å². The minimum atomic E-state index is 0.421. The third-order valence-electron chi connectivity index (χ3n) is 1.91. The van der Waals surface area contributed by atoms with Crippen LogP contribution in [-0.4, -0.2) is 20.9 Å². The summed E-state index contributed by atoms with van der Waals surface area (Å²) in [5.74, 6) is 0. The van der Waals surface area contributed by atoms with Crippen LogP contribution in [0.3, 0.4) is 0 Å². The first-order valence-electron chi connectivity index (χ1n) is 3.66. The van der Waals surface area contributed by atoms with E-state index in [1.807, 2.05) is 0 Å². The molecule has 0 unspecified atom stereocenters. The average molecular weight is 238 g/mol. The molecule has 1 aliphatic rings. The second kappa shape index (κ2) is 3.64. The van der Waals surface area contributed by atoms with Gasteiger partial charge in [-0.05, 0) is 0 Å². The van der Waals surface area contributed by atoms with Crippen molar-refractivity contribution in [1.82, 2.24) is 0 Å². The Hall–Kier alpha value is 0.530. The number of rotatable bonds is 2. The zero-order valence-electron chi connectivity index (χ0n) is 6.24. The van der Waals surface area contributed by atoms with Crippen molar-refractivity contribution in [2.24, 2.45) is 0 Å². The van der Waals surface area contributed by atoms with E-state index in [4.69, 9.17) is 0 Å². The second-order valence-electron chi connectivity index (χ2n) is 2.41. The van der Waals surface area contributed by atoms with Gasteiger partial charge in [0.05, 0.1) is 0 Å². The fourth-order valence-corrected chi connectivity index (χ4v) is 5.23. The Balaban J connectivity index is 2.59. The second-order valence-corrected chi connectivity index (χ2v) is 5.22. The predicted molar refractivity (Wildman–Crippen MR) is 43.0 cm³/mol. The van der Waals surface area contributed by atoms with Crippen molar-refractivity contribution in [2.45, 2.75) is 35.6 Å². The molecule has 0 N–H and O–H groups in total. The quantitative estimate of drug-likeness (QED) is 0.512. The Bertz CT molecular complexity index is 111. The van der Waals surface area contributed by atoms with Crippen LogP contribution in [-0.2, 0) is 0 Å². The monoisotopic (exact) mass is 240 g/mol. The molecule has 0 spiro atoms. The molecule has 0 fully saturated rings. The molecule has 0 bridgehead atoms. The van der Waals surface area contributed by atoms with E-state index in [1.54, 1.807) is 11.1 Å². The van der Waals surface area contributed by atoms with Crippen LogP contribution in [0, 0.1) is 0 Å². The van der Waals surface area contributed by atoms with Crippen LogP contribution in [0.5, 0.6) is 0 Å². The maximum atomic E-state index is 2.29. The maximum absolute atomic E-state index is 2.29. The van der Waals surface area contributed by atoms with E-state index in [9.17, 15) is 0 Å². The molecule has 0 nitrogen and oxygen atoms in total. The molecule has 1 heteroatoms. The summed E-state index contributed by atoms with van der Waals surface area (Å²) in [6.45, 7) is 4.59. The number of allylic oxidation sites excluding steroid dienone is 2. The van der Waals surface area contributed by atoms with Gasteiger partial charge >= 0.3 is 67.7 Å². The average Bonchev–Trinajstić information content (AvgIpc) is 2.33. The Morgan fingerprint density at radius 1 is 1.11 bits per heavy atom. The molecule has 9 heavy (non-hydrogen) atoms. The molecule has 1 rings (SSSR count). The molecule has 0 saturated heterocycles. The fraction of sp³-hybridized carbons (Fsp3) is 0.750. The summed E-state index contributed by atoms with van der Waals surface area (Å²) >= 11 is 0.421. The van der Waals surface area contributed by atoms with Gasteiger partial charge in [0.2, 0.25) is 0 Å². The summed E-state index contributed by atoms with van der Waals surface area (Å²) in [5, 5.41) is 0. The molecule has 0 aromatic carbocycles. The standard InChI is InChI=1S/C8H14Te/c1-3-7-5-9-6-8(7)4-2/h3-6H2,1-2H3. The van der Waals surface area contributed by atoms with E-state index in [0.717, 1.165) is 0 Å². The fourth-order valence-electron chi connectivity index (χ4n) is 1.21. The Kier molecular flexibility index (Phi) is 3.09. The molecule has 0 saturated carbocycles. The zero-order valence-corrected chi connectivity index (χ0v) is 8.57. The van der Waals surface area contributed by atoms with Crippen LogP contribution in [0.4, 0.5) is 0 Å². The molecule has 1 heterocycles. The van der Waals surface area contributed by atoms with Crippen molar-refractivity contribution in [1.29, 1.82) is 0 Å². The molecule has 0 aromatic rings. The molecule has 0 aliphatic carbocycles. The zero-order chi connectivity index (χ0) is 6.69. The first-order valence-corrected chi connectivity index (χ1v) is 6.95. The van der Waals surface area contributed by atoms with Gasteiger partial charge in [0.15, 0.2) is 0 Å². The van der Waals surface area contributed by atoms with Crippen molar-refractivity contribution in [2.75, 3.05) is 0 Å². The summed E-state index contributed by atoms with van der Waals surface area (Å²) in [4.78, 5) is 0. The molecule has 52 valence electrons. The summed E-state index contributed by atoms with van der Waals surface area (Å²) in [7, 11) is 0. The Morgan fingerprint density at radius 3 is 1.89 bits per heavy atom. The first-order chi connectivity index (χ1) is 4.38. The van der Waals surface area contributed by atoms with Crippen LogP contribution in [0.2, 0.25) is 8.94 Å². The van der Waals surface area contributed by atoms with Crippen molar-refractivity contribution in [3.8, 4) is 0 Å². The molecule has 0 atom stereocenters. The molecule has 0 amide bonds. The molecule has 1 aliphatic heterocycles. The Morgan fingerprint density at radius 2 is 1.56 bits per heavy atom. The van der Waals surface area contributed by atoms with E-state index < -0.39 is 0 Å². The SMILES string of the molecule is CCC1=C(CC)C[Te]C1. The van der Waals surface area contributed by atoms with Crippen LogP contribution in [0.15, 0.2) is 11.1 Å². The van der Waals surface area contributed by atoms with Gasteiger partial charge in [-0.3, -0.25) is 0 Å². The van der Waals surface area contributed by atoms with Crippen molar-refractivity contribution >= 4 is 20.9 Å². The summed E-state index contributed by atoms with van der Waals surface area (Å²) in [6.07, 6.45) is 2.65. The van der Waals surface area contributed by atoms with Gasteiger partial charge in [0, 0.05) is 0 Å². The van der Waals surface area contributed by atoms with Gasteiger partial charge in [-0.25, -0.2) is 0 Å². The molecule has 0 aromatic heterocycles. The van der Waals surface area contributed by atoms with Gasteiger partial charge in [-0.2, -0.15) is 0 Å². The van der Waals surface area contributed by atoms with Crippen LogP contribution < -0.4 is 0 Å². The van der Waals surface area contributed by atoms with Gasteiger partial charge in [0.1, 0.15) is 0 Å². The van der Waals surface area contributed by atoms with E-state index >= 15 is 0 Å². The topological polar surface area (TPSA) is 0 Å². The third kappa shape index (κ3) is 1.72. The van der Waals surface area contributed by atoms with Gasteiger partial charge in [-0.15, -0.1) is 0 Å². The van der Waals surface area contributed by atoms with Gasteiger partial charge in [-0.1, -0.05) is 0 Å². The summed E-state index contributed by atoms with van der Waals surface area (Å²) in [6, 6.07) is 0. The van der Waals surface area contributed by atoms with Crippen LogP contribution in [0.1, 0.15) is 26.7 Å². The van der Waals surface area contributed by atoms with E-state index in [0.29, 0.717) is 20.9 Å². The minimum absolute atomic E-state index is 0.421. The summed E-state index contributed by atoms with van der Waals surface area (Å²) in [5.41, 5.74) is 3.61. The van der Waals surface area contributed by atoms with Crippen molar-refractivity contribution in [3.05, 3.63) is 11.1 Å². The third-order valence-corrected chi connectivity index (χ3v) is 5.06. The van der Waals surface area contributed by atoms with E-state index in [2.05, 4.69) is 13.8 Å². The normalized spacial score (nSPS) is 19.3. The van der Waals surface area contributed by atoms with Gasteiger partial charge in [0.25, 0.3) is 0 Å². The van der Waals surface area contributed by atoms with Crippen molar-refractivity contribution < 1.29 is 0 Å². The van der Waals surface area contributed by atoms with E-state index in [1.165, 1.54) is 21.8 Å².